The Kier molecular flexibility index (Phi) is 5.53. The van der Waals surface area contributed by atoms with Gasteiger partial charge in [-0.1, -0.05) is 11.6 Å². The molecule has 0 fully saturated rings. The topological polar surface area (TPSA) is 64.4 Å². The van der Waals surface area contributed by atoms with E-state index in [9.17, 15) is 9.18 Å². The highest BCUT2D eigenvalue weighted by atomic mass is 35.5. The minimum absolute atomic E-state index is 0.256. The first-order chi connectivity index (χ1) is 12.5. The van der Waals surface area contributed by atoms with Crippen molar-refractivity contribution in [2.24, 2.45) is 0 Å². The molecule has 1 N–H and O–H groups in total. The molecule has 0 spiro atoms. The van der Waals surface area contributed by atoms with Crippen LogP contribution in [0.25, 0.3) is 11.5 Å². The van der Waals surface area contributed by atoms with Crippen molar-refractivity contribution in [3.8, 4) is 17.2 Å². The summed E-state index contributed by atoms with van der Waals surface area (Å²) < 4.78 is 23.5. The molecule has 0 unspecified atom stereocenters. The molecule has 0 saturated carbocycles. The molecule has 0 radical (unpaired) electrons. The summed E-state index contributed by atoms with van der Waals surface area (Å²) in [5.74, 6) is 0.350. The van der Waals surface area contributed by atoms with Gasteiger partial charge in [-0.2, -0.15) is 0 Å². The molecule has 7 heteroatoms. The molecule has 26 heavy (non-hydrogen) atoms. The molecule has 0 aliphatic rings. The standard InChI is InChI=1S/C19H16ClFN2O3/c1-25-17-9-13(8-14(20)10-17)18(24)22-7-6-16-11-26-19(23-16)12-2-4-15(21)5-3-12/h2-5,8-11H,6-7H2,1H3,(H,22,24). The Morgan fingerprint density at radius 2 is 2.04 bits per heavy atom. The van der Waals surface area contributed by atoms with Crippen LogP contribution in [0.3, 0.4) is 0 Å². The fraction of sp³-hybridized carbons (Fsp3) is 0.158. The third-order valence-electron chi connectivity index (χ3n) is 3.68. The molecule has 0 aliphatic carbocycles. The van der Waals surface area contributed by atoms with Crippen molar-refractivity contribution in [1.29, 1.82) is 0 Å². The monoisotopic (exact) mass is 374 g/mol. The SMILES string of the molecule is COc1cc(Cl)cc(C(=O)NCCc2coc(-c3ccc(F)cc3)n2)c1. The van der Waals surface area contributed by atoms with Gasteiger partial charge in [0.2, 0.25) is 5.89 Å². The van der Waals surface area contributed by atoms with Crippen LogP contribution in [0, 0.1) is 5.82 Å². The van der Waals surface area contributed by atoms with E-state index in [0.29, 0.717) is 46.4 Å². The van der Waals surface area contributed by atoms with E-state index in [1.54, 1.807) is 30.3 Å². The summed E-state index contributed by atoms with van der Waals surface area (Å²) >= 11 is 5.97. The fourth-order valence-electron chi connectivity index (χ4n) is 2.36. The Balaban J connectivity index is 1.57. The molecule has 3 aromatic rings. The van der Waals surface area contributed by atoms with Crippen LogP contribution in [0.2, 0.25) is 5.02 Å². The normalized spacial score (nSPS) is 10.6. The lowest BCUT2D eigenvalue weighted by Crippen LogP contribution is -2.25. The van der Waals surface area contributed by atoms with Gasteiger partial charge >= 0.3 is 0 Å². The van der Waals surface area contributed by atoms with Gasteiger partial charge in [0.15, 0.2) is 0 Å². The van der Waals surface area contributed by atoms with Crippen molar-refractivity contribution in [2.45, 2.75) is 6.42 Å². The number of ether oxygens (including phenoxy) is 1. The van der Waals surface area contributed by atoms with Crippen molar-refractivity contribution in [1.82, 2.24) is 10.3 Å². The number of aromatic nitrogens is 1. The van der Waals surface area contributed by atoms with Crippen LogP contribution in [0.4, 0.5) is 4.39 Å². The van der Waals surface area contributed by atoms with E-state index in [0.717, 1.165) is 0 Å². The zero-order valence-corrected chi connectivity index (χ0v) is 14.7. The number of hydrogen-bond donors (Lipinski definition) is 1. The number of oxazole rings is 1. The maximum absolute atomic E-state index is 13.0. The number of carbonyl (C=O) groups excluding carboxylic acids is 1. The Hall–Kier alpha value is -2.86. The molecule has 0 atom stereocenters. The van der Waals surface area contributed by atoms with Crippen molar-refractivity contribution < 1.29 is 18.3 Å². The molecule has 1 aromatic heterocycles. The highest BCUT2D eigenvalue weighted by Crippen LogP contribution is 2.21. The van der Waals surface area contributed by atoms with E-state index in [4.69, 9.17) is 20.8 Å². The van der Waals surface area contributed by atoms with Crippen LogP contribution >= 0.6 is 11.6 Å². The van der Waals surface area contributed by atoms with E-state index in [1.165, 1.54) is 25.5 Å². The molecule has 0 aliphatic heterocycles. The molecule has 1 amide bonds. The van der Waals surface area contributed by atoms with Gasteiger partial charge in [0, 0.05) is 29.1 Å². The van der Waals surface area contributed by atoms with E-state index in [1.807, 2.05) is 0 Å². The number of amides is 1. The molecular weight excluding hydrogens is 359 g/mol. The lowest BCUT2D eigenvalue weighted by Gasteiger charge is -2.07. The Labute approximate surface area is 154 Å². The molecule has 0 bridgehead atoms. The van der Waals surface area contributed by atoms with E-state index in [-0.39, 0.29) is 11.7 Å². The van der Waals surface area contributed by atoms with Gasteiger partial charge in [0.05, 0.1) is 12.8 Å². The first kappa shape index (κ1) is 17.9. The molecule has 3 rings (SSSR count). The number of halogens is 2. The lowest BCUT2D eigenvalue weighted by molar-refractivity contribution is 0.0953. The number of methoxy groups -OCH3 is 1. The predicted octanol–water partition coefficient (Wildman–Crippen LogP) is 4.12. The maximum Gasteiger partial charge on any atom is 0.251 e. The summed E-state index contributed by atoms with van der Waals surface area (Å²) in [7, 11) is 1.51. The first-order valence-corrected chi connectivity index (χ1v) is 8.26. The average molecular weight is 375 g/mol. The first-order valence-electron chi connectivity index (χ1n) is 7.88. The van der Waals surface area contributed by atoms with Crippen molar-refractivity contribution in [2.75, 3.05) is 13.7 Å². The zero-order valence-electron chi connectivity index (χ0n) is 14.0. The quantitative estimate of drug-likeness (QED) is 0.705. The third-order valence-corrected chi connectivity index (χ3v) is 3.90. The summed E-state index contributed by atoms with van der Waals surface area (Å²) in [4.78, 5) is 16.5. The predicted molar refractivity (Wildman–Crippen MR) is 95.9 cm³/mol. The maximum atomic E-state index is 13.0. The minimum atomic E-state index is -0.319. The van der Waals surface area contributed by atoms with Gasteiger partial charge < -0.3 is 14.5 Å². The van der Waals surface area contributed by atoms with Crippen LogP contribution in [-0.4, -0.2) is 24.5 Å². The van der Waals surface area contributed by atoms with Gasteiger partial charge in [-0.15, -0.1) is 0 Å². The molecule has 2 aromatic carbocycles. The lowest BCUT2D eigenvalue weighted by atomic mass is 10.2. The number of carbonyl (C=O) groups is 1. The second-order valence-corrected chi connectivity index (χ2v) is 5.97. The fourth-order valence-corrected chi connectivity index (χ4v) is 2.59. The Bertz CT molecular complexity index is 909. The number of benzene rings is 2. The Morgan fingerprint density at radius 1 is 1.27 bits per heavy atom. The van der Waals surface area contributed by atoms with Crippen LogP contribution in [-0.2, 0) is 6.42 Å². The number of nitrogens with one attached hydrogen (secondary N) is 1. The number of nitrogens with zero attached hydrogens (tertiary/aromatic N) is 1. The van der Waals surface area contributed by atoms with Gasteiger partial charge in [-0.25, -0.2) is 9.37 Å². The van der Waals surface area contributed by atoms with Crippen molar-refractivity contribution >= 4 is 17.5 Å². The highest BCUT2D eigenvalue weighted by Gasteiger charge is 2.10. The summed E-state index contributed by atoms with van der Waals surface area (Å²) in [6.07, 6.45) is 2.02. The van der Waals surface area contributed by atoms with Gasteiger partial charge in [0.1, 0.15) is 17.8 Å². The van der Waals surface area contributed by atoms with Crippen LogP contribution in [0.1, 0.15) is 16.1 Å². The summed E-state index contributed by atoms with van der Waals surface area (Å²) in [6, 6.07) is 10.7. The smallest absolute Gasteiger partial charge is 0.251 e. The molecular formula is C19H16ClFN2O3. The zero-order chi connectivity index (χ0) is 18.5. The second-order valence-electron chi connectivity index (χ2n) is 5.54. The molecule has 5 nitrogen and oxygen atoms in total. The Morgan fingerprint density at radius 3 is 2.77 bits per heavy atom. The van der Waals surface area contributed by atoms with E-state index < -0.39 is 0 Å². The van der Waals surface area contributed by atoms with Gasteiger partial charge in [-0.3, -0.25) is 4.79 Å². The average Bonchev–Trinajstić information content (AvgIpc) is 3.10. The van der Waals surface area contributed by atoms with Gasteiger partial charge in [-0.05, 0) is 42.5 Å². The third kappa shape index (κ3) is 4.40. The number of hydrogen-bond acceptors (Lipinski definition) is 4. The van der Waals surface area contributed by atoms with Crippen molar-refractivity contribution in [3.63, 3.8) is 0 Å². The molecule has 1 heterocycles. The van der Waals surface area contributed by atoms with Crippen LogP contribution < -0.4 is 10.1 Å². The summed E-state index contributed by atoms with van der Waals surface area (Å²) in [5.41, 5.74) is 1.79. The highest BCUT2D eigenvalue weighted by molar-refractivity contribution is 6.31. The van der Waals surface area contributed by atoms with Gasteiger partial charge in [0.25, 0.3) is 5.91 Å². The largest absolute Gasteiger partial charge is 0.497 e. The summed E-state index contributed by atoms with van der Waals surface area (Å²) in [6.45, 7) is 0.378. The summed E-state index contributed by atoms with van der Waals surface area (Å²) in [5, 5.41) is 3.22. The number of rotatable bonds is 6. The minimum Gasteiger partial charge on any atom is -0.497 e. The van der Waals surface area contributed by atoms with E-state index >= 15 is 0 Å². The molecule has 0 saturated heterocycles. The van der Waals surface area contributed by atoms with Crippen molar-refractivity contribution in [3.05, 3.63) is 70.8 Å². The van der Waals surface area contributed by atoms with E-state index in [2.05, 4.69) is 10.3 Å². The van der Waals surface area contributed by atoms with Crippen LogP contribution in [0.5, 0.6) is 5.75 Å². The molecule has 134 valence electrons. The second kappa shape index (κ2) is 8.01. The van der Waals surface area contributed by atoms with Crippen LogP contribution in [0.15, 0.2) is 53.1 Å².